The highest BCUT2D eigenvalue weighted by molar-refractivity contribution is 5.38. The first-order valence-electron chi connectivity index (χ1n) is 19.0. The molecule has 1 saturated heterocycles. The summed E-state index contributed by atoms with van der Waals surface area (Å²) in [6.45, 7) is 6.29. The van der Waals surface area contributed by atoms with E-state index in [2.05, 4.69) is 105 Å². The average Bonchev–Trinajstić information content (AvgIpc) is 3.22. The van der Waals surface area contributed by atoms with Crippen molar-refractivity contribution in [3.63, 3.8) is 0 Å². The Hall–Kier alpha value is -4.88. The van der Waals surface area contributed by atoms with E-state index in [0.29, 0.717) is 33.0 Å². The van der Waals surface area contributed by atoms with E-state index in [9.17, 15) is 0 Å². The quantitative estimate of drug-likeness (QED) is 0.0997. The van der Waals surface area contributed by atoms with Crippen molar-refractivity contribution < 1.29 is 23.7 Å². The van der Waals surface area contributed by atoms with Crippen molar-refractivity contribution in [3.05, 3.63) is 214 Å². The van der Waals surface area contributed by atoms with Crippen LogP contribution in [0.3, 0.4) is 0 Å². The predicted octanol–water partition coefficient (Wildman–Crippen LogP) is 10.3. The van der Waals surface area contributed by atoms with E-state index >= 15 is 0 Å². The highest BCUT2D eigenvalue weighted by atomic mass is 16.6. The Morgan fingerprint density at radius 2 is 0.944 bits per heavy atom. The standard InChI is InChI=1S/C49H50O5/c1-36-23-26-38(27-24-36)29-44-30-43(28-25-37(44)2)46-48(52-33-41-19-11-5-12-20-41)49(53-34-42-21-13-6-14-22-42)47(51-32-40-17-9-4-10-18-40)45(54-46)35-50-31-39-15-7-3-8-16-39/h3-28,30,45-49H,29,31-35H2,1-2H3/t45-,46+,47-,48+,49+/m1/s1. The molecule has 0 aliphatic carbocycles. The van der Waals surface area contributed by atoms with E-state index in [1.807, 2.05) is 72.8 Å². The molecule has 5 atom stereocenters. The second-order valence-electron chi connectivity index (χ2n) is 14.2. The first-order chi connectivity index (χ1) is 26.6. The third kappa shape index (κ3) is 10.2. The van der Waals surface area contributed by atoms with E-state index < -0.39 is 30.5 Å². The smallest absolute Gasteiger partial charge is 0.117 e. The SMILES string of the molecule is Cc1ccc(Cc2cc([C@@H]3O[C@H](COCc4ccccc4)[C@@H](OCc4ccccc4)[C@H](OCc4ccccc4)[C@H]3OCc3ccccc3)ccc2C)cc1. The number of aryl methyl sites for hydroxylation is 2. The fourth-order valence-corrected chi connectivity index (χ4v) is 7.04. The summed E-state index contributed by atoms with van der Waals surface area (Å²) in [5.74, 6) is 0. The van der Waals surface area contributed by atoms with Crippen molar-refractivity contribution in [1.82, 2.24) is 0 Å². The molecular formula is C49H50O5. The zero-order valence-corrected chi connectivity index (χ0v) is 31.3. The molecule has 54 heavy (non-hydrogen) atoms. The molecule has 0 amide bonds. The zero-order chi connectivity index (χ0) is 37.0. The first-order valence-corrected chi connectivity index (χ1v) is 19.0. The van der Waals surface area contributed by atoms with E-state index in [4.69, 9.17) is 23.7 Å². The average molecular weight is 719 g/mol. The minimum atomic E-state index is -0.491. The molecule has 0 radical (unpaired) electrons. The maximum absolute atomic E-state index is 7.20. The summed E-state index contributed by atoms with van der Waals surface area (Å²) >= 11 is 0. The molecule has 0 saturated carbocycles. The maximum atomic E-state index is 7.20. The topological polar surface area (TPSA) is 46.2 Å². The van der Waals surface area contributed by atoms with Crippen LogP contribution in [0.4, 0.5) is 0 Å². The Morgan fingerprint density at radius 3 is 1.48 bits per heavy atom. The highest BCUT2D eigenvalue weighted by Gasteiger charge is 2.49. The van der Waals surface area contributed by atoms with Gasteiger partial charge < -0.3 is 23.7 Å². The molecular weight excluding hydrogens is 669 g/mol. The lowest BCUT2D eigenvalue weighted by Crippen LogP contribution is -2.58. The van der Waals surface area contributed by atoms with Gasteiger partial charge in [-0.25, -0.2) is 0 Å². The van der Waals surface area contributed by atoms with Crippen LogP contribution in [0.15, 0.2) is 164 Å². The molecule has 0 unspecified atom stereocenters. The van der Waals surface area contributed by atoms with Gasteiger partial charge in [0.1, 0.15) is 30.5 Å². The molecule has 1 heterocycles. The predicted molar refractivity (Wildman–Crippen MR) is 214 cm³/mol. The maximum Gasteiger partial charge on any atom is 0.117 e. The Labute approximate surface area is 320 Å². The third-order valence-corrected chi connectivity index (χ3v) is 10.1. The van der Waals surface area contributed by atoms with E-state index in [1.54, 1.807) is 0 Å². The fourth-order valence-electron chi connectivity index (χ4n) is 7.04. The molecule has 1 fully saturated rings. The molecule has 0 bridgehead atoms. The van der Waals surface area contributed by atoms with Gasteiger partial charge in [-0.3, -0.25) is 0 Å². The van der Waals surface area contributed by atoms with Crippen LogP contribution in [0.25, 0.3) is 0 Å². The van der Waals surface area contributed by atoms with Gasteiger partial charge in [0.25, 0.3) is 0 Å². The molecule has 6 aromatic rings. The first kappa shape index (κ1) is 37.4. The summed E-state index contributed by atoms with van der Waals surface area (Å²) in [6, 6.07) is 56.5. The van der Waals surface area contributed by atoms with Crippen LogP contribution in [-0.2, 0) is 56.5 Å². The van der Waals surface area contributed by atoms with Crippen molar-refractivity contribution in [2.75, 3.05) is 6.61 Å². The van der Waals surface area contributed by atoms with Crippen LogP contribution in [0.2, 0.25) is 0 Å². The Kier molecular flexibility index (Phi) is 13.1. The summed E-state index contributed by atoms with van der Waals surface area (Å²) in [6.07, 6.45) is -1.53. The highest BCUT2D eigenvalue weighted by Crippen LogP contribution is 2.39. The molecule has 1 aliphatic heterocycles. The number of ether oxygens (including phenoxy) is 5. The van der Waals surface area contributed by atoms with Gasteiger partial charge in [0.2, 0.25) is 0 Å². The summed E-state index contributed by atoms with van der Waals surface area (Å²) in [5, 5.41) is 0. The molecule has 7 rings (SSSR count). The van der Waals surface area contributed by atoms with Crippen LogP contribution >= 0.6 is 0 Å². The van der Waals surface area contributed by atoms with Crippen molar-refractivity contribution in [2.45, 2.75) is 77.2 Å². The van der Waals surface area contributed by atoms with Gasteiger partial charge in [0.15, 0.2) is 0 Å². The van der Waals surface area contributed by atoms with Gasteiger partial charge in [0, 0.05) is 0 Å². The number of benzene rings is 6. The second-order valence-corrected chi connectivity index (χ2v) is 14.2. The van der Waals surface area contributed by atoms with E-state index in [-0.39, 0.29) is 0 Å². The summed E-state index contributed by atoms with van der Waals surface area (Å²) in [5.41, 5.74) is 10.4. The number of rotatable bonds is 16. The molecule has 0 N–H and O–H groups in total. The number of hydrogen-bond donors (Lipinski definition) is 0. The van der Waals surface area contributed by atoms with Gasteiger partial charge in [-0.1, -0.05) is 169 Å². The van der Waals surface area contributed by atoms with Crippen LogP contribution in [-0.4, -0.2) is 31.0 Å². The second kappa shape index (κ2) is 18.9. The lowest BCUT2D eigenvalue weighted by atomic mass is 9.88. The van der Waals surface area contributed by atoms with Gasteiger partial charge in [-0.05, 0) is 64.8 Å². The van der Waals surface area contributed by atoms with Crippen LogP contribution in [0.1, 0.15) is 56.2 Å². The van der Waals surface area contributed by atoms with Gasteiger partial charge in [0.05, 0.1) is 33.0 Å². The van der Waals surface area contributed by atoms with Gasteiger partial charge >= 0.3 is 0 Å². The summed E-state index contributed by atoms with van der Waals surface area (Å²) in [7, 11) is 0. The molecule has 5 heteroatoms. The van der Waals surface area contributed by atoms with E-state index in [1.165, 1.54) is 22.3 Å². The van der Waals surface area contributed by atoms with Crippen molar-refractivity contribution in [3.8, 4) is 0 Å². The largest absolute Gasteiger partial charge is 0.374 e. The van der Waals surface area contributed by atoms with Crippen LogP contribution < -0.4 is 0 Å². The normalized spacial score (nSPS) is 19.8. The summed E-state index contributed by atoms with van der Waals surface area (Å²) in [4.78, 5) is 0. The van der Waals surface area contributed by atoms with Crippen molar-refractivity contribution in [1.29, 1.82) is 0 Å². The molecule has 0 aromatic heterocycles. The molecule has 1 aliphatic rings. The minimum Gasteiger partial charge on any atom is -0.374 e. The summed E-state index contributed by atoms with van der Waals surface area (Å²) < 4.78 is 34.5. The van der Waals surface area contributed by atoms with E-state index in [0.717, 1.165) is 34.2 Å². The van der Waals surface area contributed by atoms with Gasteiger partial charge in [-0.2, -0.15) is 0 Å². The zero-order valence-electron chi connectivity index (χ0n) is 31.3. The van der Waals surface area contributed by atoms with Crippen LogP contribution in [0, 0.1) is 13.8 Å². The van der Waals surface area contributed by atoms with Crippen LogP contribution in [0.5, 0.6) is 0 Å². The van der Waals surface area contributed by atoms with Gasteiger partial charge in [-0.15, -0.1) is 0 Å². The Bertz CT molecular complexity index is 1980. The Morgan fingerprint density at radius 1 is 0.463 bits per heavy atom. The molecule has 0 spiro atoms. The molecule has 6 aromatic carbocycles. The van der Waals surface area contributed by atoms with Crippen molar-refractivity contribution >= 4 is 0 Å². The van der Waals surface area contributed by atoms with Crippen molar-refractivity contribution in [2.24, 2.45) is 0 Å². The third-order valence-electron chi connectivity index (χ3n) is 10.1. The fraction of sp³-hybridized carbons (Fsp3) is 0.265. The monoisotopic (exact) mass is 718 g/mol. The lowest BCUT2D eigenvalue weighted by molar-refractivity contribution is -0.275. The number of hydrogen-bond acceptors (Lipinski definition) is 5. The molecule has 276 valence electrons. The minimum absolute atomic E-state index is 0.323. The lowest BCUT2D eigenvalue weighted by Gasteiger charge is -2.46. The molecule has 5 nitrogen and oxygen atoms in total. The Balaban J connectivity index is 1.26.